The molecule has 1 aromatic heterocycles. The molecule has 0 spiro atoms. The number of aryl methyl sites for hydroxylation is 1. The Bertz CT molecular complexity index is 1100. The van der Waals surface area contributed by atoms with Gasteiger partial charge in [-0.1, -0.05) is 0 Å². The summed E-state index contributed by atoms with van der Waals surface area (Å²) in [6.45, 7) is 4.33. The van der Waals surface area contributed by atoms with Gasteiger partial charge in [0.25, 0.3) is 0 Å². The molecule has 2 heterocycles. The molecule has 6 nitrogen and oxygen atoms in total. The van der Waals surface area contributed by atoms with E-state index < -0.39 is 21.7 Å². The normalized spacial score (nSPS) is 14.2. The average Bonchev–Trinajstić information content (AvgIpc) is 2.72. The third-order valence-electron chi connectivity index (χ3n) is 5.12. The zero-order valence-corrected chi connectivity index (χ0v) is 17.6. The van der Waals surface area contributed by atoms with Crippen LogP contribution < -0.4 is 4.72 Å². The minimum atomic E-state index is -3.33. The fourth-order valence-corrected chi connectivity index (χ4v) is 3.90. The van der Waals surface area contributed by atoms with Gasteiger partial charge in [-0.05, 0) is 55.2 Å². The lowest BCUT2D eigenvalue weighted by Gasteiger charge is -2.30. The molecule has 2 aromatic rings. The maximum atomic E-state index is 13.7. The molecule has 0 unspecified atom stereocenters. The summed E-state index contributed by atoms with van der Waals surface area (Å²) < 4.78 is 52.9. The maximum Gasteiger partial charge on any atom is 0.246 e. The van der Waals surface area contributed by atoms with E-state index in [2.05, 4.69) is 9.71 Å². The number of nitrogens with one attached hydrogen (secondary N) is 1. The Morgan fingerprint density at radius 1 is 1.33 bits per heavy atom. The average molecular weight is 435 g/mol. The first-order valence-corrected chi connectivity index (χ1v) is 11.2. The van der Waals surface area contributed by atoms with Gasteiger partial charge in [-0.25, -0.2) is 21.9 Å². The molecular weight excluding hydrogens is 412 g/mol. The van der Waals surface area contributed by atoms with E-state index in [0.29, 0.717) is 19.5 Å². The van der Waals surface area contributed by atoms with E-state index in [9.17, 15) is 22.0 Å². The number of sulfonamides is 1. The number of benzene rings is 1. The quantitative estimate of drug-likeness (QED) is 0.708. The first kappa shape index (κ1) is 22.0. The van der Waals surface area contributed by atoms with Gasteiger partial charge in [-0.3, -0.25) is 9.78 Å². The molecule has 3 rings (SSSR count). The highest BCUT2D eigenvalue weighted by Gasteiger charge is 2.23. The van der Waals surface area contributed by atoms with Crippen molar-refractivity contribution in [3.05, 3.63) is 70.1 Å². The molecule has 30 heavy (non-hydrogen) atoms. The Morgan fingerprint density at radius 3 is 2.80 bits per heavy atom. The van der Waals surface area contributed by atoms with Crippen molar-refractivity contribution in [3.8, 4) is 0 Å². The van der Waals surface area contributed by atoms with E-state index in [1.54, 1.807) is 18.0 Å². The molecule has 1 aliphatic heterocycles. The van der Waals surface area contributed by atoms with Gasteiger partial charge in [0.05, 0.1) is 5.75 Å². The fourth-order valence-electron chi connectivity index (χ4n) is 3.33. The maximum absolute atomic E-state index is 13.7. The number of pyridine rings is 1. The molecule has 160 valence electrons. The summed E-state index contributed by atoms with van der Waals surface area (Å²) in [4.78, 5) is 18.5. The monoisotopic (exact) mass is 435 g/mol. The molecule has 0 atom stereocenters. The predicted molar refractivity (Wildman–Crippen MR) is 110 cm³/mol. The summed E-state index contributed by atoms with van der Waals surface area (Å²) in [7, 11) is -3.33. The van der Waals surface area contributed by atoms with Crippen molar-refractivity contribution in [1.82, 2.24) is 14.6 Å². The van der Waals surface area contributed by atoms with Gasteiger partial charge < -0.3 is 4.90 Å². The third-order valence-corrected chi connectivity index (χ3v) is 6.47. The highest BCUT2D eigenvalue weighted by molar-refractivity contribution is 7.89. The Morgan fingerprint density at radius 2 is 2.10 bits per heavy atom. The fraction of sp³-hybridized carbons (Fsp3) is 0.333. The van der Waals surface area contributed by atoms with Crippen LogP contribution in [-0.2, 0) is 34.3 Å². The number of nitrogens with zero attached hydrogens (tertiary/aromatic N) is 2. The molecule has 1 aliphatic rings. The van der Waals surface area contributed by atoms with Crippen LogP contribution in [0.3, 0.4) is 0 Å². The Kier molecular flexibility index (Phi) is 6.62. The minimum absolute atomic E-state index is 0.00222. The number of aromatic nitrogens is 1. The SMILES string of the molecule is CCS(=O)(=O)NCc1c(C)ncc2c1CCN(C(=O)C=Cc1ccc(F)cc1F)C2. The number of halogens is 2. The Hall–Kier alpha value is -2.65. The lowest BCUT2D eigenvalue weighted by Crippen LogP contribution is -2.36. The van der Waals surface area contributed by atoms with Gasteiger partial charge in [-0.15, -0.1) is 0 Å². The molecular formula is C21H23F2N3O3S. The predicted octanol–water partition coefficient (Wildman–Crippen LogP) is 2.71. The zero-order valence-electron chi connectivity index (χ0n) is 16.8. The van der Waals surface area contributed by atoms with E-state index in [-0.39, 0.29) is 23.8 Å². The number of fused-ring (bicyclic) bond motifs is 1. The van der Waals surface area contributed by atoms with Gasteiger partial charge in [0.15, 0.2) is 0 Å². The largest absolute Gasteiger partial charge is 0.334 e. The van der Waals surface area contributed by atoms with Crippen molar-refractivity contribution in [3.63, 3.8) is 0 Å². The third kappa shape index (κ3) is 5.09. The Labute approximate surface area is 174 Å². The van der Waals surface area contributed by atoms with Crippen molar-refractivity contribution in [2.45, 2.75) is 33.4 Å². The number of hydrogen-bond acceptors (Lipinski definition) is 4. The van der Waals surface area contributed by atoms with Crippen LogP contribution in [0.5, 0.6) is 0 Å². The molecule has 1 N–H and O–H groups in total. The molecule has 0 saturated carbocycles. The lowest BCUT2D eigenvalue weighted by atomic mass is 9.95. The van der Waals surface area contributed by atoms with Crippen LogP contribution in [0.25, 0.3) is 6.08 Å². The van der Waals surface area contributed by atoms with Crippen LogP contribution in [0.2, 0.25) is 0 Å². The standard InChI is InChI=1S/C21H23F2N3O3S/c1-3-30(28,29)25-12-19-14(2)24-11-16-13-26(9-8-18(16)19)21(27)7-5-15-4-6-17(22)10-20(15)23/h4-7,10-11,25H,3,8-9,12-13H2,1-2H3. The van der Waals surface area contributed by atoms with E-state index in [1.807, 2.05) is 6.92 Å². The smallest absolute Gasteiger partial charge is 0.246 e. The van der Waals surface area contributed by atoms with E-state index in [0.717, 1.165) is 34.5 Å². The molecule has 0 fully saturated rings. The molecule has 0 saturated heterocycles. The zero-order chi connectivity index (χ0) is 21.9. The number of amides is 1. The van der Waals surface area contributed by atoms with Crippen molar-refractivity contribution in [1.29, 1.82) is 0 Å². The number of carbonyl (C=O) groups is 1. The van der Waals surface area contributed by atoms with Crippen LogP contribution in [0.15, 0.2) is 30.5 Å². The van der Waals surface area contributed by atoms with E-state index in [4.69, 9.17) is 0 Å². The molecule has 1 amide bonds. The summed E-state index contributed by atoms with van der Waals surface area (Å²) in [5.41, 5.74) is 3.57. The van der Waals surface area contributed by atoms with Gasteiger partial charge in [0.2, 0.25) is 15.9 Å². The molecule has 9 heteroatoms. The molecule has 0 radical (unpaired) electrons. The highest BCUT2D eigenvalue weighted by atomic mass is 32.2. The number of hydrogen-bond donors (Lipinski definition) is 1. The summed E-state index contributed by atoms with van der Waals surface area (Å²) in [6.07, 6.45) is 4.85. The van der Waals surface area contributed by atoms with Gasteiger partial charge in [-0.2, -0.15) is 0 Å². The second-order valence-electron chi connectivity index (χ2n) is 7.06. The van der Waals surface area contributed by atoms with Gasteiger partial charge >= 0.3 is 0 Å². The van der Waals surface area contributed by atoms with Crippen molar-refractivity contribution >= 4 is 22.0 Å². The Balaban J connectivity index is 1.74. The van der Waals surface area contributed by atoms with Crippen LogP contribution in [-0.4, -0.2) is 36.5 Å². The number of carbonyl (C=O) groups excluding carboxylic acids is 1. The molecule has 0 bridgehead atoms. The number of rotatable bonds is 6. The van der Waals surface area contributed by atoms with Crippen LogP contribution in [0.1, 0.15) is 34.9 Å². The van der Waals surface area contributed by atoms with Crippen LogP contribution in [0, 0.1) is 18.6 Å². The van der Waals surface area contributed by atoms with Crippen molar-refractivity contribution < 1.29 is 22.0 Å². The minimum Gasteiger partial charge on any atom is -0.334 e. The van der Waals surface area contributed by atoms with Crippen molar-refractivity contribution in [2.75, 3.05) is 12.3 Å². The first-order chi connectivity index (χ1) is 14.2. The summed E-state index contributed by atoms with van der Waals surface area (Å²) in [5, 5.41) is 0. The summed E-state index contributed by atoms with van der Waals surface area (Å²) in [6, 6.07) is 3.17. The van der Waals surface area contributed by atoms with Gasteiger partial charge in [0, 0.05) is 49.2 Å². The topological polar surface area (TPSA) is 79.4 Å². The van der Waals surface area contributed by atoms with Crippen LogP contribution >= 0.6 is 0 Å². The van der Waals surface area contributed by atoms with Crippen LogP contribution in [0.4, 0.5) is 8.78 Å². The second kappa shape index (κ2) is 9.01. The summed E-state index contributed by atoms with van der Waals surface area (Å²) in [5.74, 6) is -1.71. The van der Waals surface area contributed by atoms with E-state index >= 15 is 0 Å². The molecule has 0 aliphatic carbocycles. The summed E-state index contributed by atoms with van der Waals surface area (Å²) >= 11 is 0. The highest BCUT2D eigenvalue weighted by Crippen LogP contribution is 2.24. The lowest BCUT2D eigenvalue weighted by molar-refractivity contribution is -0.126. The van der Waals surface area contributed by atoms with Gasteiger partial charge in [0.1, 0.15) is 11.6 Å². The van der Waals surface area contributed by atoms with E-state index in [1.165, 1.54) is 18.2 Å². The second-order valence-corrected chi connectivity index (χ2v) is 9.15. The first-order valence-electron chi connectivity index (χ1n) is 9.55. The molecule has 1 aromatic carbocycles. The van der Waals surface area contributed by atoms with Crippen molar-refractivity contribution in [2.24, 2.45) is 0 Å².